The topological polar surface area (TPSA) is 97.6 Å². The van der Waals surface area contributed by atoms with Gasteiger partial charge in [-0.05, 0) is 36.6 Å². The molecular weight excluding hydrogens is 428 g/mol. The first-order valence-electron chi connectivity index (χ1n) is 9.35. The van der Waals surface area contributed by atoms with E-state index in [1.54, 1.807) is 19.2 Å². The number of rotatable bonds is 4. The summed E-state index contributed by atoms with van der Waals surface area (Å²) in [5.74, 6) is -0.628. The number of carbonyl (C=O) groups excluding carboxylic acids is 1. The van der Waals surface area contributed by atoms with Crippen molar-refractivity contribution in [3.8, 4) is 16.2 Å². The molecule has 3 aromatic rings. The van der Waals surface area contributed by atoms with Crippen molar-refractivity contribution in [2.45, 2.75) is 25.4 Å². The summed E-state index contributed by atoms with van der Waals surface area (Å²) in [6, 6.07) is 5.58. The molecule has 1 saturated carbocycles. The van der Waals surface area contributed by atoms with Crippen LogP contribution in [0, 0.1) is 0 Å². The van der Waals surface area contributed by atoms with Crippen molar-refractivity contribution >= 4 is 46.4 Å². The molecule has 0 bridgehead atoms. The molecule has 1 fully saturated rings. The summed E-state index contributed by atoms with van der Waals surface area (Å²) in [5.41, 5.74) is 1.62. The molecule has 2 N–H and O–H groups in total. The molecule has 0 radical (unpaired) electrons. The van der Waals surface area contributed by atoms with E-state index < -0.39 is 11.4 Å². The van der Waals surface area contributed by atoms with Gasteiger partial charge in [0.25, 0.3) is 0 Å². The van der Waals surface area contributed by atoms with Crippen molar-refractivity contribution in [2.75, 3.05) is 13.7 Å². The minimum absolute atomic E-state index is 0. The standard InChI is InChI=1S/C21H18N2O5S.ClH/c1-28-19-12(16-6-10-7-22-8-15(24)20(10)29-16)4-5-13-17(19)23(11-2-3-11)9-14(18(13)25)21(26)27;/h4-6,9,11,22H,2-3,7-8H2,1H3,(H,26,27);1H. The molecule has 9 heteroatoms. The Morgan fingerprint density at radius 1 is 1.27 bits per heavy atom. The molecule has 30 heavy (non-hydrogen) atoms. The van der Waals surface area contributed by atoms with Crippen LogP contribution in [0.2, 0.25) is 0 Å². The maximum atomic E-state index is 12.8. The Bertz CT molecular complexity index is 1260. The van der Waals surface area contributed by atoms with Crippen LogP contribution in [0.15, 0.2) is 29.2 Å². The van der Waals surface area contributed by atoms with Crippen molar-refractivity contribution < 1.29 is 19.4 Å². The summed E-state index contributed by atoms with van der Waals surface area (Å²) in [6.45, 7) is 0.975. The summed E-state index contributed by atoms with van der Waals surface area (Å²) in [7, 11) is 1.55. The molecule has 3 heterocycles. The van der Waals surface area contributed by atoms with Crippen LogP contribution in [0.3, 0.4) is 0 Å². The Hall–Kier alpha value is -2.68. The van der Waals surface area contributed by atoms with E-state index in [4.69, 9.17) is 4.74 Å². The minimum Gasteiger partial charge on any atom is -0.494 e. The zero-order chi connectivity index (χ0) is 20.3. The number of carboxylic acids is 1. The molecule has 2 aliphatic rings. The molecular formula is C21H19ClN2O5S. The number of hydrogen-bond acceptors (Lipinski definition) is 6. The van der Waals surface area contributed by atoms with Gasteiger partial charge in [-0.15, -0.1) is 23.7 Å². The van der Waals surface area contributed by atoms with Gasteiger partial charge >= 0.3 is 5.97 Å². The van der Waals surface area contributed by atoms with Gasteiger partial charge in [-0.25, -0.2) is 4.79 Å². The number of fused-ring (bicyclic) bond motifs is 2. The van der Waals surface area contributed by atoms with Crippen molar-refractivity contribution in [3.05, 3.63) is 50.6 Å². The minimum atomic E-state index is -1.23. The van der Waals surface area contributed by atoms with Crippen LogP contribution >= 0.6 is 23.7 Å². The lowest BCUT2D eigenvalue weighted by molar-refractivity contribution is 0.0694. The second-order valence-electron chi connectivity index (χ2n) is 7.35. The average Bonchev–Trinajstić information content (AvgIpc) is 3.45. The number of halogens is 1. The maximum Gasteiger partial charge on any atom is 0.341 e. The molecule has 0 saturated heterocycles. The molecule has 156 valence electrons. The third kappa shape index (κ3) is 3.12. The van der Waals surface area contributed by atoms with Crippen molar-refractivity contribution in [1.29, 1.82) is 0 Å². The zero-order valence-corrected chi connectivity index (χ0v) is 17.7. The van der Waals surface area contributed by atoms with E-state index in [0.717, 1.165) is 33.7 Å². The van der Waals surface area contributed by atoms with Gasteiger partial charge in [0.15, 0.2) is 11.5 Å². The molecule has 0 unspecified atom stereocenters. The molecule has 1 aliphatic heterocycles. The summed E-state index contributed by atoms with van der Waals surface area (Å²) in [5, 5.41) is 12.9. The number of nitrogens with one attached hydrogen (secondary N) is 1. The number of carbonyl (C=O) groups is 2. The SMILES string of the molecule is COc1c(-c2cc3c(s2)C(=O)CNC3)ccc2c(=O)c(C(=O)O)cn(C3CC3)c12.Cl. The van der Waals surface area contributed by atoms with Gasteiger partial charge in [-0.1, -0.05) is 0 Å². The summed E-state index contributed by atoms with van der Waals surface area (Å²) >= 11 is 1.43. The molecule has 7 nitrogen and oxygen atoms in total. The number of pyridine rings is 1. The first-order chi connectivity index (χ1) is 14.0. The van der Waals surface area contributed by atoms with E-state index in [-0.39, 0.29) is 29.8 Å². The molecule has 0 spiro atoms. The number of benzene rings is 1. The van der Waals surface area contributed by atoms with E-state index in [1.165, 1.54) is 17.5 Å². The monoisotopic (exact) mass is 446 g/mol. The lowest BCUT2D eigenvalue weighted by Crippen LogP contribution is -2.28. The van der Waals surface area contributed by atoms with Gasteiger partial charge in [0.1, 0.15) is 5.56 Å². The van der Waals surface area contributed by atoms with Crippen LogP contribution in [-0.2, 0) is 6.54 Å². The first kappa shape index (κ1) is 20.6. The largest absolute Gasteiger partial charge is 0.494 e. The number of aromatic carboxylic acids is 1. The second kappa shape index (κ2) is 7.54. The highest BCUT2D eigenvalue weighted by Gasteiger charge is 2.30. The van der Waals surface area contributed by atoms with E-state index in [1.807, 2.05) is 10.6 Å². The number of aromatic nitrogens is 1. The quantitative estimate of drug-likeness (QED) is 0.636. The molecule has 1 aliphatic carbocycles. The normalized spacial score (nSPS) is 15.6. The molecule has 0 atom stereocenters. The Labute approximate surface area is 181 Å². The highest BCUT2D eigenvalue weighted by Crippen LogP contribution is 2.44. The van der Waals surface area contributed by atoms with E-state index >= 15 is 0 Å². The van der Waals surface area contributed by atoms with Gasteiger partial charge in [0.2, 0.25) is 5.43 Å². The van der Waals surface area contributed by atoms with Gasteiger partial charge in [0.05, 0.1) is 29.4 Å². The highest BCUT2D eigenvalue weighted by molar-refractivity contribution is 7.17. The lowest BCUT2D eigenvalue weighted by atomic mass is 10.0. The van der Waals surface area contributed by atoms with Crippen LogP contribution in [-0.4, -0.2) is 35.1 Å². The van der Waals surface area contributed by atoms with E-state index in [9.17, 15) is 19.5 Å². The molecule has 2 aromatic heterocycles. The number of carboxylic acid groups (broad SMARTS) is 1. The van der Waals surface area contributed by atoms with Crippen LogP contribution < -0.4 is 15.5 Å². The first-order valence-corrected chi connectivity index (χ1v) is 10.2. The predicted octanol–water partition coefficient (Wildman–Crippen LogP) is 3.48. The number of ether oxygens (including phenoxy) is 1. The zero-order valence-electron chi connectivity index (χ0n) is 16.1. The third-order valence-electron chi connectivity index (χ3n) is 5.45. The number of Topliss-reactive ketones (excluding diaryl/α,β-unsaturated/α-hetero) is 1. The Morgan fingerprint density at radius 3 is 2.67 bits per heavy atom. The Balaban J connectivity index is 0.00000218. The van der Waals surface area contributed by atoms with Gasteiger partial charge in [0, 0.05) is 29.2 Å². The van der Waals surface area contributed by atoms with Crippen LogP contribution in [0.5, 0.6) is 5.75 Å². The fourth-order valence-corrected chi connectivity index (χ4v) is 5.07. The van der Waals surface area contributed by atoms with Crippen LogP contribution in [0.25, 0.3) is 21.3 Å². The van der Waals surface area contributed by atoms with Gasteiger partial charge in [-0.2, -0.15) is 0 Å². The van der Waals surface area contributed by atoms with Crippen LogP contribution in [0.4, 0.5) is 0 Å². The summed E-state index contributed by atoms with van der Waals surface area (Å²) < 4.78 is 7.61. The summed E-state index contributed by atoms with van der Waals surface area (Å²) in [6.07, 6.45) is 3.29. The molecule has 5 rings (SSSR count). The Kier molecular flexibility index (Phi) is 5.17. The fourth-order valence-electron chi connectivity index (χ4n) is 3.93. The predicted molar refractivity (Wildman–Crippen MR) is 117 cm³/mol. The van der Waals surface area contributed by atoms with Gasteiger partial charge < -0.3 is 19.7 Å². The highest BCUT2D eigenvalue weighted by atomic mass is 35.5. The average molecular weight is 447 g/mol. The lowest BCUT2D eigenvalue weighted by Gasteiger charge is -2.17. The second-order valence-corrected chi connectivity index (χ2v) is 8.40. The number of ketones is 1. The smallest absolute Gasteiger partial charge is 0.341 e. The third-order valence-corrected chi connectivity index (χ3v) is 6.70. The van der Waals surface area contributed by atoms with Crippen molar-refractivity contribution in [2.24, 2.45) is 0 Å². The number of thiophene rings is 1. The van der Waals surface area contributed by atoms with Crippen LogP contribution in [0.1, 0.15) is 44.5 Å². The molecule has 0 amide bonds. The number of methoxy groups -OCH3 is 1. The number of hydrogen-bond donors (Lipinski definition) is 2. The molecule has 1 aromatic carbocycles. The number of nitrogens with zero attached hydrogens (tertiary/aromatic N) is 1. The Morgan fingerprint density at radius 2 is 2.03 bits per heavy atom. The fraction of sp³-hybridized carbons (Fsp3) is 0.286. The van der Waals surface area contributed by atoms with Crippen molar-refractivity contribution in [3.63, 3.8) is 0 Å². The van der Waals surface area contributed by atoms with E-state index in [0.29, 0.717) is 29.7 Å². The maximum absolute atomic E-state index is 12.8. The summed E-state index contributed by atoms with van der Waals surface area (Å²) in [4.78, 5) is 38.2. The van der Waals surface area contributed by atoms with E-state index in [2.05, 4.69) is 5.32 Å². The van der Waals surface area contributed by atoms with Gasteiger partial charge in [-0.3, -0.25) is 9.59 Å². The van der Waals surface area contributed by atoms with Crippen molar-refractivity contribution in [1.82, 2.24) is 9.88 Å².